The van der Waals surface area contributed by atoms with Gasteiger partial charge in [-0.25, -0.2) is 0 Å². The fourth-order valence-corrected chi connectivity index (χ4v) is 3.22. The number of carbonyl (C=O) groups is 2. The van der Waals surface area contributed by atoms with E-state index < -0.39 is 0 Å². The second-order valence-corrected chi connectivity index (χ2v) is 6.88. The second-order valence-electron chi connectivity index (χ2n) is 5.96. The van der Waals surface area contributed by atoms with E-state index in [9.17, 15) is 9.59 Å². The SMILES string of the molecule is Cc1cc(C)c(C(=O)NCC(=O)Nc2ccc(Br)cc2C)c(C)c1. The van der Waals surface area contributed by atoms with Gasteiger partial charge in [0, 0.05) is 15.7 Å². The number of hydrogen-bond acceptors (Lipinski definition) is 2. The predicted octanol–water partition coefficient (Wildman–Crippen LogP) is 4.05. The maximum absolute atomic E-state index is 12.4. The summed E-state index contributed by atoms with van der Waals surface area (Å²) >= 11 is 3.39. The normalized spacial score (nSPS) is 10.4. The van der Waals surface area contributed by atoms with E-state index in [1.807, 2.05) is 58.0 Å². The molecule has 0 heterocycles. The van der Waals surface area contributed by atoms with Crippen molar-refractivity contribution in [1.82, 2.24) is 5.32 Å². The van der Waals surface area contributed by atoms with E-state index in [0.717, 1.165) is 32.4 Å². The molecule has 0 aliphatic rings. The molecule has 2 N–H and O–H groups in total. The third-order valence-corrected chi connectivity index (χ3v) is 4.27. The Kier molecular flexibility index (Phi) is 5.78. The van der Waals surface area contributed by atoms with Gasteiger partial charge in [0.1, 0.15) is 0 Å². The van der Waals surface area contributed by atoms with Crippen LogP contribution in [0.25, 0.3) is 0 Å². The number of rotatable bonds is 4. The maximum atomic E-state index is 12.4. The van der Waals surface area contributed by atoms with Crippen LogP contribution in [-0.2, 0) is 4.79 Å². The van der Waals surface area contributed by atoms with E-state index in [4.69, 9.17) is 0 Å². The van der Waals surface area contributed by atoms with Crippen LogP contribution in [0.2, 0.25) is 0 Å². The highest BCUT2D eigenvalue weighted by Crippen LogP contribution is 2.20. The van der Waals surface area contributed by atoms with Crippen LogP contribution in [0.3, 0.4) is 0 Å². The molecule has 2 amide bonds. The lowest BCUT2D eigenvalue weighted by molar-refractivity contribution is -0.115. The highest BCUT2D eigenvalue weighted by atomic mass is 79.9. The van der Waals surface area contributed by atoms with Crippen molar-refractivity contribution < 1.29 is 9.59 Å². The molecule has 126 valence electrons. The highest BCUT2D eigenvalue weighted by Gasteiger charge is 2.14. The number of nitrogens with one attached hydrogen (secondary N) is 2. The van der Waals surface area contributed by atoms with Crippen molar-refractivity contribution in [3.8, 4) is 0 Å². The predicted molar refractivity (Wildman–Crippen MR) is 100 cm³/mol. The quantitative estimate of drug-likeness (QED) is 0.829. The highest BCUT2D eigenvalue weighted by molar-refractivity contribution is 9.10. The number of hydrogen-bond donors (Lipinski definition) is 2. The van der Waals surface area contributed by atoms with E-state index in [-0.39, 0.29) is 18.4 Å². The number of carbonyl (C=O) groups excluding carboxylic acids is 2. The lowest BCUT2D eigenvalue weighted by atomic mass is 9.99. The fraction of sp³-hybridized carbons (Fsp3) is 0.263. The van der Waals surface area contributed by atoms with Gasteiger partial charge < -0.3 is 10.6 Å². The Labute approximate surface area is 150 Å². The van der Waals surface area contributed by atoms with Crippen LogP contribution in [-0.4, -0.2) is 18.4 Å². The zero-order valence-electron chi connectivity index (χ0n) is 14.3. The summed E-state index contributed by atoms with van der Waals surface area (Å²) in [6, 6.07) is 9.54. The topological polar surface area (TPSA) is 58.2 Å². The molecular formula is C19H21BrN2O2. The molecule has 0 radical (unpaired) electrons. The standard InChI is InChI=1S/C19H21BrN2O2/c1-11-7-13(3)18(14(4)8-11)19(24)21-10-17(23)22-16-6-5-15(20)9-12(16)2/h5-9H,10H2,1-4H3,(H,21,24)(H,22,23). The molecule has 2 aromatic rings. The monoisotopic (exact) mass is 388 g/mol. The Balaban J connectivity index is 2.00. The molecule has 0 aliphatic carbocycles. The van der Waals surface area contributed by atoms with Crippen molar-refractivity contribution in [1.29, 1.82) is 0 Å². The molecule has 24 heavy (non-hydrogen) atoms. The molecule has 2 aromatic carbocycles. The molecule has 0 saturated carbocycles. The molecule has 0 spiro atoms. The van der Waals surface area contributed by atoms with Gasteiger partial charge in [0.15, 0.2) is 0 Å². The third kappa shape index (κ3) is 4.45. The molecule has 5 heteroatoms. The molecule has 0 fully saturated rings. The van der Waals surface area contributed by atoms with E-state index >= 15 is 0 Å². The van der Waals surface area contributed by atoms with Crippen molar-refractivity contribution in [2.24, 2.45) is 0 Å². The molecule has 0 aliphatic heterocycles. The molecule has 0 atom stereocenters. The van der Waals surface area contributed by atoms with Crippen molar-refractivity contribution in [2.45, 2.75) is 27.7 Å². The maximum Gasteiger partial charge on any atom is 0.252 e. The van der Waals surface area contributed by atoms with Crippen LogP contribution in [0.4, 0.5) is 5.69 Å². The Morgan fingerprint density at radius 1 is 0.958 bits per heavy atom. The van der Waals surface area contributed by atoms with Gasteiger partial charge in [-0.05, 0) is 62.6 Å². The van der Waals surface area contributed by atoms with Crippen LogP contribution < -0.4 is 10.6 Å². The molecule has 0 unspecified atom stereocenters. The first-order valence-corrected chi connectivity index (χ1v) is 8.49. The smallest absolute Gasteiger partial charge is 0.252 e. The zero-order chi connectivity index (χ0) is 17.9. The van der Waals surface area contributed by atoms with Crippen LogP contribution in [0, 0.1) is 27.7 Å². The summed E-state index contributed by atoms with van der Waals surface area (Å²) in [7, 11) is 0. The van der Waals surface area contributed by atoms with Gasteiger partial charge in [-0.15, -0.1) is 0 Å². The summed E-state index contributed by atoms with van der Waals surface area (Å²) in [4.78, 5) is 24.4. The number of aryl methyl sites for hydroxylation is 4. The Hall–Kier alpha value is -2.14. The molecule has 0 aromatic heterocycles. The van der Waals surface area contributed by atoms with Crippen LogP contribution in [0.15, 0.2) is 34.8 Å². The van der Waals surface area contributed by atoms with E-state index in [1.165, 1.54) is 0 Å². The minimum atomic E-state index is -0.254. The van der Waals surface area contributed by atoms with Crippen molar-refractivity contribution in [3.63, 3.8) is 0 Å². The zero-order valence-corrected chi connectivity index (χ0v) is 15.9. The van der Waals surface area contributed by atoms with Crippen LogP contribution in [0.1, 0.15) is 32.6 Å². The number of benzene rings is 2. The number of amides is 2. The number of halogens is 1. The third-order valence-electron chi connectivity index (χ3n) is 3.78. The summed E-state index contributed by atoms with van der Waals surface area (Å²) in [5.74, 6) is -0.483. The Morgan fingerprint density at radius 3 is 2.17 bits per heavy atom. The Bertz CT molecular complexity index is 777. The van der Waals surface area contributed by atoms with Gasteiger partial charge in [0.05, 0.1) is 6.54 Å². The summed E-state index contributed by atoms with van der Waals surface area (Å²) in [5.41, 5.74) is 5.26. The number of anilines is 1. The molecule has 4 nitrogen and oxygen atoms in total. The first kappa shape index (κ1) is 18.2. The minimum Gasteiger partial charge on any atom is -0.343 e. The van der Waals surface area contributed by atoms with Gasteiger partial charge in [-0.3, -0.25) is 9.59 Å². The van der Waals surface area contributed by atoms with Crippen molar-refractivity contribution in [2.75, 3.05) is 11.9 Å². The summed E-state index contributed by atoms with van der Waals surface area (Å²) in [6.07, 6.45) is 0. The van der Waals surface area contributed by atoms with Crippen LogP contribution >= 0.6 is 15.9 Å². The Morgan fingerprint density at radius 2 is 1.58 bits per heavy atom. The van der Waals surface area contributed by atoms with Gasteiger partial charge in [0.25, 0.3) is 5.91 Å². The summed E-state index contributed by atoms with van der Waals surface area (Å²) in [6.45, 7) is 7.65. The van der Waals surface area contributed by atoms with Crippen molar-refractivity contribution >= 4 is 33.4 Å². The fourth-order valence-electron chi connectivity index (χ4n) is 2.75. The largest absolute Gasteiger partial charge is 0.343 e. The molecule has 0 saturated heterocycles. The lowest BCUT2D eigenvalue weighted by Crippen LogP contribution is -2.33. The summed E-state index contributed by atoms with van der Waals surface area (Å²) in [5, 5.41) is 5.50. The molecular weight excluding hydrogens is 368 g/mol. The van der Waals surface area contributed by atoms with Gasteiger partial charge in [0.2, 0.25) is 5.91 Å². The van der Waals surface area contributed by atoms with E-state index in [0.29, 0.717) is 5.56 Å². The molecule has 2 rings (SSSR count). The van der Waals surface area contributed by atoms with E-state index in [2.05, 4.69) is 26.6 Å². The molecule has 0 bridgehead atoms. The minimum absolute atomic E-state index is 0.0684. The van der Waals surface area contributed by atoms with Gasteiger partial charge >= 0.3 is 0 Å². The van der Waals surface area contributed by atoms with Crippen molar-refractivity contribution in [3.05, 3.63) is 62.6 Å². The lowest BCUT2D eigenvalue weighted by Gasteiger charge is -2.12. The first-order valence-electron chi connectivity index (χ1n) is 7.70. The van der Waals surface area contributed by atoms with Gasteiger partial charge in [-0.1, -0.05) is 33.6 Å². The average Bonchev–Trinajstić information content (AvgIpc) is 2.47. The van der Waals surface area contributed by atoms with Gasteiger partial charge in [-0.2, -0.15) is 0 Å². The first-order chi connectivity index (χ1) is 11.3. The second kappa shape index (κ2) is 7.62. The van der Waals surface area contributed by atoms with Crippen LogP contribution in [0.5, 0.6) is 0 Å². The average molecular weight is 389 g/mol. The van der Waals surface area contributed by atoms with E-state index in [1.54, 1.807) is 0 Å². The summed E-state index contributed by atoms with van der Waals surface area (Å²) < 4.78 is 0.955.